The average Bonchev–Trinajstić information content (AvgIpc) is 3.05. The maximum atomic E-state index is 4.56. The van der Waals surface area contributed by atoms with Crippen LogP contribution in [0.25, 0.3) is 0 Å². The summed E-state index contributed by atoms with van der Waals surface area (Å²) >= 11 is 0. The highest BCUT2D eigenvalue weighted by Gasteiger charge is 2.20. The summed E-state index contributed by atoms with van der Waals surface area (Å²) < 4.78 is 0. The van der Waals surface area contributed by atoms with Gasteiger partial charge in [0.1, 0.15) is 0 Å². The third-order valence-electron chi connectivity index (χ3n) is 2.61. The van der Waals surface area contributed by atoms with E-state index >= 15 is 0 Å². The molecule has 1 aliphatic rings. The second-order valence-corrected chi connectivity index (χ2v) is 4.26. The SMILES string of the molecule is C=CCNC(=NCC1CC1)N[C@@H](C)CC. The van der Waals surface area contributed by atoms with E-state index in [9.17, 15) is 0 Å². The summed E-state index contributed by atoms with van der Waals surface area (Å²) in [5, 5.41) is 6.61. The minimum atomic E-state index is 0.472. The standard InChI is InChI=1S/C12H23N3/c1-4-8-13-12(15-10(3)5-2)14-9-11-6-7-11/h4,10-11H,1,5-9H2,2-3H3,(H2,13,14,15)/t10-/m0/s1. The van der Waals surface area contributed by atoms with Gasteiger partial charge < -0.3 is 10.6 Å². The van der Waals surface area contributed by atoms with Crippen LogP contribution in [0.15, 0.2) is 17.6 Å². The van der Waals surface area contributed by atoms with E-state index in [4.69, 9.17) is 0 Å². The van der Waals surface area contributed by atoms with E-state index in [1.54, 1.807) is 0 Å². The van der Waals surface area contributed by atoms with Crippen LogP contribution in [0.3, 0.4) is 0 Å². The van der Waals surface area contributed by atoms with E-state index in [0.717, 1.165) is 31.4 Å². The minimum absolute atomic E-state index is 0.472. The van der Waals surface area contributed by atoms with Gasteiger partial charge in [-0.15, -0.1) is 6.58 Å². The Morgan fingerprint density at radius 1 is 1.60 bits per heavy atom. The number of hydrogen-bond donors (Lipinski definition) is 2. The first kappa shape index (κ1) is 12.1. The lowest BCUT2D eigenvalue weighted by Gasteiger charge is -2.16. The van der Waals surface area contributed by atoms with Gasteiger partial charge in [0, 0.05) is 19.1 Å². The molecule has 0 saturated heterocycles. The van der Waals surface area contributed by atoms with E-state index in [1.165, 1.54) is 12.8 Å². The Hall–Kier alpha value is -0.990. The number of nitrogens with one attached hydrogen (secondary N) is 2. The molecule has 86 valence electrons. The molecular weight excluding hydrogens is 186 g/mol. The molecule has 0 aliphatic heterocycles. The molecule has 1 rings (SSSR count). The van der Waals surface area contributed by atoms with Gasteiger partial charge in [0.2, 0.25) is 0 Å². The highest BCUT2D eigenvalue weighted by molar-refractivity contribution is 5.80. The number of aliphatic imine (C=N–C) groups is 1. The number of nitrogens with zero attached hydrogens (tertiary/aromatic N) is 1. The third kappa shape index (κ3) is 5.45. The molecule has 1 aliphatic carbocycles. The molecule has 3 nitrogen and oxygen atoms in total. The van der Waals surface area contributed by atoms with E-state index in [1.807, 2.05) is 6.08 Å². The van der Waals surface area contributed by atoms with Crippen LogP contribution in [0.5, 0.6) is 0 Å². The molecule has 2 N–H and O–H groups in total. The van der Waals surface area contributed by atoms with Crippen LogP contribution in [0, 0.1) is 5.92 Å². The van der Waals surface area contributed by atoms with Crippen LogP contribution < -0.4 is 10.6 Å². The summed E-state index contributed by atoms with van der Waals surface area (Å²) in [5.74, 6) is 1.76. The van der Waals surface area contributed by atoms with Gasteiger partial charge in [-0.3, -0.25) is 4.99 Å². The van der Waals surface area contributed by atoms with E-state index < -0.39 is 0 Å². The first-order valence-corrected chi connectivity index (χ1v) is 5.92. The van der Waals surface area contributed by atoms with E-state index in [0.29, 0.717) is 6.04 Å². The maximum absolute atomic E-state index is 4.56. The van der Waals surface area contributed by atoms with Gasteiger partial charge in [0.05, 0.1) is 0 Å². The zero-order chi connectivity index (χ0) is 11.1. The smallest absolute Gasteiger partial charge is 0.191 e. The molecule has 0 heterocycles. The fraction of sp³-hybridized carbons (Fsp3) is 0.750. The van der Waals surface area contributed by atoms with Gasteiger partial charge in [0.15, 0.2) is 5.96 Å². The summed E-state index contributed by atoms with van der Waals surface area (Å²) in [4.78, 5) is 4.56. The number of hydrogen-bond acceptors (Lipinski definition) is 1. The predicted octanol–water partition coefficient (Wildman–Crippen LogP) is 1.92. The summed E-state index contributed by atoms with van der Waals surface area (Å²) in [6.07, 6.45) is 5.66. The van der Waals surface area contributed by atoms with Crippen LogP contribution in [0.4, 0.5) is 0 Å². The summed E-state index contributed by atoms with van der Waals surface area (Å²) in [7, 11) is 0. The fourth-order valence-corrected chi connectivity index (χ4v) is 1.18. The lowest BCUT2D eigenvalue weighted by Crippen LogP contribution is -2.42. The van der Waals surface area contributed by atoms with Crippen molar-refractivity contribution in [1.29, 1.82) is 0 Å². The largest absolute Gasteiger partial charge is 0.354 e. The van der Waals surface area contributed by atoms with Crippen molar-refractivity contribution in [2.75, 3.05) is 13.1 Å². The first-order valence-electron chi connectivity index (χ1n) is 5.92. The van der Waals surface area contributed by atoms with Gasteiger partial charge in [-0.05, 0) is 32.1 Å². The Bertz CT molecular complexity index is 219. The Morgan fingerprint density at radius 3 is 2.87 bits per heavy atom. The fourth-order valence-electron chi connectivity index (χ4n) is 1.18. The van der Waals surface area contributed by atoms with Crippen LogP contribution >= 0.6 is 0 Å². The molecular formula is C12H23N3. The summed E-state index contributed by atoms with van der Waals surface area (Å²) in [6.45, 7) is 9.77. The van der Waals surface area contributed by atoms with Gasteiger partial charge in [-0.1, -0.05) is 13.0 Å². The van der Waals surface area contributed by atoms with Crippen LogP contribution in [0.2, 0.25) is 0 Å². The average molecular weight is 209 g/mol. The molecule has 1 fully saturated rings. The molecule has 1 atom stereocenters. The number of guanidine groups is 1. The normalized spacial score (nSPS) is 18.4. The molecule has 0 aromatic heterocycles. The Balaban J connectivity index is 2.34. The first-order chi connectivity index (χ1) is 7.26. The van der Waals surface area contributed by atoms with Crippen LogP contribution in [0.1, 0.15) is 33.1 Å². The van der Waals surface area contributed by atoms with Crippen molar-refractivity contribution in [1.82, 2.24) is 10.6 Å². The quantitative estimate of drug-likeness (QED) is 0.398. The Kier molecular flexibility index (Phi) is 5.22. The Labute approximate surface area is 93.1 Å². The van der Waals surface area contributed by atoms with Crippen LogP contribution in [-0.2, 0) is 0 Å². The topological polar surface area (TPSA) is 36.4 Å². The molecule has 0 unspecified atom stereocenters. The molecule has 0 aromatic rings. The molecule has 0 bridgehead atoms. The van der Waals surface area contributed by atoms with Gasteiger partial charge in [-0.2, -0.15) is 0 Å². The molecule has 0 radical (unpaired) electrons. The third-order valence-corrected chi connectivity index (χ3v) is 2.61. The number of rotatable bonds is 6. The Morgan fingerprint density at radius 2 is 2.33 bits per heavy atom. The monoisotopic (exact) mass is 209 g/mol. The molecule has 15 heavy (non-hydrogen) atoms. The van der Waals surface area contributed by atoms with Gasteiger partial charge >= 0.3 is 0 Å². The van der Waals surface area contributed by atoms with Crippen molar-refractivity contribution < 1.29 is 0 Å². The van der Waals surface area contributed by atoms with Crippen molar-refractivity contribution >= 4 is 5.96 Å². The summed E-state index contributed by atoms with van der Waals surface area (Å²) in [5.41, 5.74) is 0. The van der Waals surface area contributed by atoms with Crippen molar-refractivity contribution in [3.05, 3.63) is 12.7 Å². The van der Waals surface area contributed by atoms with E-state index in [2.05, 4.69) is 36.1 Å². The van der Waals surface area contributed by atoms with Crippen molar-refractivity contribution in [2.24, 2.45) is 10.9 Å². The van der Waals surface area contributed by atoms with Crippen molar-refractivity contribution in [3.8, 4) is 0 Å². The lowest BCUT2D eigenvalue weighted by molar-refractivity contribution is 0.625. The molecule has 1 saturated carbocycles. The van der Waals surface area contributed by atoms with E-state index in [-0.39, 0.29) is 0 Å². The van der Waals surface area contributed by atoms with Gasteiger partial charge in [-0.25, -0.2) is 0 Å². The van der Waals surface area contributed by atoms with Crippen molar-refractivity contribution in [2.45, 2.75) is 39.2 Å². The maximum Gasteiger partial charge on any atom is 0.191 e. The van der Waals surface area contributed by atoms with Gasteiger partial charge in [0.25, 0.3) is 0 Å². The second-order valence-electron chi connectivity index (χ2n) is 4.26. The zero-order valence-electron chi connectivity index (χ0n) is 9.92. The predicted molar refractivity (Wildman–Crippen MR) is 66.1 cm³/mol. The molecule has 0 aromatic carbocycles. The molecule has 0 spiro atoms. The molecule has 3 heteroatoms. The zero-order valence-corrected chi connectivity index (χ0v) is 9.92. The van der Waals surface area contributed by atoms with Crippen LogP contribution in [-0.4, -0.2) is 25.1 Å². The molecule has 0 amide bonds. The highest BCUT2D eigenvalue weighted by atomic mass is 15.2. The highest BCUT2D eigenvalue weighted by Crippen LogP contribution is 2.28. The van der Waals surface area contributed by atoms with Crippen molar-refractivity contribution in [3.63, 3.8) is 0 Å². The summed E-state index contributed by atoms with van der Waals surface area (Å²) in [6, 6.07) is 0.472. The second kappa shape index (κ2) is 6.49. The lowest BCUT2D eigenvalue weighted by atomic mass is 10.3. The minimum Gasteiger partial charge on any atom is -0.354 e.